The van der Waals surface area contributed by atoms with Crippen LogP contribution in [0.25, 0.3) is 0 Å². The van der Waals surface area contributed by atoms with Gasteiger partial charge < -0.3 is 10.6 Å². The lowest BCUT2D eigenvalue weighted by Crippen LogP contribution is -2.29. The highest BCUT2D eigenvalue weighted by atomic mass is 35.5. The van der Waals surface area contributed by atoms with Crippen LogP contribution in [0.2, 0.25) is 0 Å². The lowest BCUT2D eigenvalue weighted by atomic mass is 9.95. The van der Waals surface area contributed by atoms with Crippen LogP contribution in [0.3, 0.4) is 0 Å². The second-order valence-electron chi connectivity index (χ2n) is 4.64. The first-order valence-corrected chi connectivity index (χ1v) is 6.40. The van der Waals surface area contributed by atoms with E-state index in [9.17, 15) is 0 Å². The predicted octanol–water partition coefficient (Wildman–Crippen LogP) is 2.59. The van der Waals surface area contributed by atoms with Crippen molar-refractivity contribution in [1.29, 1.82) is 0 Å². The molecule has 2 rings (SSSR count). The van der Waals surface area contributed by atoms with E-state index in [1.54, 1.807) is 0 Å². The molecule has 0 aromatic heterocycles. The Kier molecular flexibility index (Phi) is 7.25. The lowest BCUT2D eigenvalue weighted by molar-refractivity contribution is 0.348. The summed E-state index contributed by atoms with van der Waals surface area (Å²) < 4.78 is 0. The van der Waals surface area contributed by atoms with Gasteiger partial charge >= 0.3 is 0 Å². The second-order valence-corrected chi connectivity index (χ2v) is 4.64. The third-order valence-electron chi connectivity index (χ3n) is 3.36. The molecule has 0 radical (unpaired) electrons. The fourth-order valence-electron chi connectivity index (χ4n) is 2.31. The third kappa shape index (κ3) is 5.53. The van der Waals surface area contributed by atoms with Crippen molar-refractivity contribution in [2.75, 3.05) is 19.6 Å². The average molecular weight is 255 g/mol. The van der Waals surface area contributed by atoms with Crippen molar-refractivity contribution in [3.05, 3.63) is 35.9 Å². The average Bonchev–Trinajstić information content (AvgIpc) is 2.37. The molecule has 96 valence electrons. The van der Waals surface area contributed by atoms with Crippen molar-refractivity contribution in [2.45, 2.75) is 25.8 Å². The fourth-order valence-corrected chi connectivity index (χ4v) is 2.31. The number of halogens is 1. The number of benzene rings is 1. The first-order valence-electron chi connectivity index (χ1n) is 6.40. The predicted molar refractivity (Wildman–Crippen MR) is 75.6 cm³/mol. The topological polar surface area (TPSA) is 24.1 Å². The normalized spacial score (nSPS) is 16.5. The van der Waals surface area contributed by atoms with Crippen LogP contribution in [0, 0.1) is 5.92 Å². The Morgan fingerprint density at radius 3 is 2.53 bits per heavy atom. The Morgan fingerprint density at radius 1 is 1.12 bits per heavy atom. The van der Waals surface area contributed by atoms with Crippen LogP contribution in [-0.2, 0) is 6.54 Å². The maximum absolute atomic E-state index is 3.53. The summed E-state index contributed by atoms with van der Waals surface area (Å²) in [7, 11) is 0. The van der Waals surface area contributed by atoms with Crippen LogP contribution in [-0.4, -0.2) is 19.6 Å². The summed E-state index contributed by atoms with van der Waals surface area (Å²) in [4.78, 5) is 0. The summed E-state index contributed by atoms with van der Waals surface area (Å²) in [6.45, 7) is 4.58. The van der Waals surface area contributed by atoms with E-state index >= 15 is 0 Å². The van der Waals surface area contributed by atoms with Gasteiger partial charge in [-0.3, -0.25) is 0 Å². The lowest BCUT2D eigenvalue weighted by Gasteiger charge is -2.22. The van der Waals surface area contributed by atoms with Crippen LogP contribution in [0.5, 0.6) is 0 Å². The Hall–Kier alpha value is -0.570. The molecule has 0 bridgehead atoms. The molecule has 0 amide bonds. The van der Waals surface area contributed by atoms with Crippen molar-refractivity contribution in [1.82, 2.24) is 10.6 Å². The van der Waals surface area contributed by atoms with E-state index < -0.39 is 0 Å². The minimum absolute atomic E-state index is 0. The van der Waals surface area contributed by atoms with Gasteiger partial charge in [0.2, 0.25) is 0 Å². The smallest absolute Gasteiger partial charge is 0.0205 e. The van der Waals surface area contributed by atoms with Crippen molar-refractivity contribution in [3.63, 3.8) is 0 Å². The van der Waals surface area contributed by atoms with E-state index in [1.807, 2.05) is 0 Å². The van der Waals surface area contributed by atoms with E-state index in [-0.39, 0.29) is 12.4 Å². The van der Waals surface area contributed by atoms with Crippen molar-refractivity contribution in [2.24, 2.45) is 5.92 Å². The van der Waals surface area contributed by atoms with Gasteiger partial charge in [-0.15, -0.1) is 12.4 Å². The zero-order chi connectivity index (χ0) is 11.1. The molecule has 0 spiro atoms. The molecular weight excluding hydrogens is 232 g/mol. The van der Waals surface area contributed by atoms with Gasteiger partial charge in [0.25, 0.3) is 0 Å². The number of hydrogen-bond donors (Lipinski definition) is 2. The molecular formula is C14H23ClN2. The molecule has 2 N–H and O–H groups in total. The SMILES string of the molecule is Cl.c1ccc(CNCCC2CCNCC2)cc1. The highest BCUT2D eigenvalue weighted by Crippen LogP contribution is 2.14. The Balaban J connectivity index is 0.00000144. The van der Waals surface area contributed by atoms with Gasteiger partial charge in [0, 0.05) is 6.54 Å². The molecule has 1 fully saturated rings. The van der Waals surface area contributed by atoms with Crippen LogP contribution in [0.1, 0.15) is 24.8 Å². The molecule has 0 aliphatic carbocycles. The minimum atomic E-state index is 0. The van der Waals surface area contributed by atoms with E-state index in [2.05, 4.69) is 41.0 Å². The largest absolute Gasteiger partial charge is 0.317 e. The molecule has 1 saturated heterocycles. The van der Waals surface area contributed by atoms with Gasteiger partial charge in [-0.05, 0) is 50.4 Å². The first kappa shape index (κ1) is 14.5. The first-order chi connectivity index (χ1) is 7.95. The maximum atomic E-state index is 3.53. The van der Waals surface area contributed by atoms with E-state index in [0.717, 1.165) is 19.0 Å². The molecule has 1 aliphatic rings. The van der Waals surface area contributed by atoms with E-state index in [4.69, 9.17) is 0 Å². The van der Waals surface area contributed by atoms with Crippen molar-refractivity contribution >= 4 is 12.4 Å². The number of piperidine rings is 1. The Labute approximate surface area is 111 Å². The molecule has 0 saturated carbocycles. The molecule has 17 heavy (non-hydrogen) atoms. The summed E-state index contributed by atoms with van der Waals surface area (Å²) in [5.41, 5.74) is 1.38. The fraction of sp³-hybridized carbons (Fsp3) is 0.571. The summed E-state index contributed by atoms with van der Waals surface area (Å²) in [6.07, 6.45) is 4.04. The quantitative estimate of drug-likeness (QED) is 0.790. The van der Waals surface area contributed by atoms with Gasteiger partial charge in [-0.25, -0.2) is 0 Å². The van der Waals surface area contributed by atoms with Gasteiger partial charge in [-0.1, -0.05) is 30.3 Å². The molecule has 3 heteroatoms. The second kappa shape index (κ2) is 8.51. The van der Waals surface area contributed by atoms with Crippen LogP contribution in [0.15, 0.2) is 30.3 Å². The standard InChI is InChI=1S/C14H22N2.ClH/c1-2-4-14(5-3-1)12-16-11-8-13-6-9-15-10-7-13;/h1-5,13,15-16H,6-12H2;1H. The van der Waals surface area contributed by atoms with Crippen LogP contribution >= 0.6 is 12.4 Å². The summed E-state index contributed by atoms with van der Waals surface area (Å²) in [6, 6.07) is 10.6. The molecule has 1 aromatic carbocycles. The zero-order valence-electron chi connectivity index (χ0n) is 10.3. The number of nitrogens with one attached hydrogen (secondary N) is 2. The Bertz CT molecular complexity index is 284. The Morgan fingerprint density at radius 2 is 1.82 bits per heavy atom. The van der Waals surface area contributed by atoms with Crippen molar-refractivity contribution in [3.8, 4) is 0 Å². The van der Waals surface area contributed by atoms with Gasteiger partial charge in [0.15, 0.2) is 0 Å². The van der Waals surface area contributed by atoms with E-state index in [1.165, 1.54) is 37.9 Å². The van der Waals surface area contributed by atoms with Gasteiger partial charge in [0.1, 0.15) is 0 Å². The molecule has 0 atom stereocenters. The van der Waals surface area contributed by atoms with Crippen LogP contribution < -0.4 is 10.6 Å². The monoisotopic (exact) mass is 254 g/mol. The maximum Gasteiger partial charge on any atom is 0.0205 e. The minimum Gasteiger partial charge on any atom is -0.317 e. The molecule has 1 aromatic rings. The third-order valence-corrected chi connectivity index (χ3v) is 3.36. The summed E-state index contributed by atoms with van der Waals surface area (Å²) >= 11 is 0. The highest BCUT2D eigenvalue weighted by molar-refractivity contribution is 5.85. The van der Waals surface area contributed by atoms with Gasteiger partial charge in [0.05, 0.1) is 0 Å². The summed E-state index contributed by atoms with van der Waals surface area (Å²) in [5.74, 6) is 0.935. The van der Waals surface area contributed by atoms with E-state index in [0.29, 0.717) is 0 Å². The number of rotatable bonds is 5. The molecule has 2 nitrogen and oxygen atoms in total. The van der Waals surface area contributed by atoms with Gasteiger partial charge in [-0.2, -0.15) is 0 Å². The molecule has 1 heterocycles. The molecule has 0 unspecified atom stereocenters. The number of hydrogen-bond acceptors (Lipinski definition) is 2. The van der Waals surface area contributed by atoms with Crippen molar-refractivity contribution < 1.29 is 0 Å². The van der Waals surface area contributed by atoms with Crippen LogP contribution in [0.4, 0.5) is 0 Å². The summed E-state index contributed by atoms with van der Waals surface area (Å²) in [5, 5.41) is 6.94. The highest BCUT2D eigenvalue weighted by Gasteiger charge is 2.11. The molecule has 1 aliphatic heterocycles. The zero-order valence-corrected chi connectivity index (χ0v) is 11.1.